The van der Waals surface area contributed by atoms with Gasteiger partial charge in [0.2, 0.25) is 5.91 Å². The minimum Gasteiger partial charge on any atom is -0.397 e. The summed E-state index contributed by atoms with van der Waals surface area (Å²) in [5.74, 6) is -0.101. The number of nitrogen functional groups attached to an aromatic ring is 1. The fourth-order valence-electron chi connectivity index (χ4n) is 1.89. The van der Waals surface area contributed by atoms with E-state index in [1.165, 1.54) is 18.2 Å². The van der Waals surface area contributed by atoms with Crippen molar-refractivity contribution in [3.05, 3.63) is 24.0 Å². The van der Waals surface area contributed by atoms with Crippen LogP contribution in [-0.2, 0) is 9.53 Å². The summed E-state index contributed by atoms with van der Waals surface area (Å²) in [6, 6.07) is 3.89. The maximum absolute atomic E-state index is 12.9. The minimum absolute atomic E-state index is 0.188. The molecule has 0 saturated heterocycles. The molecule has 1 aromatic carbocycles. The van der Waals surface area contributed by atoms with E-state index in [0.29, 0.717) is 24.8 Å². The highest BCUT2D eigenvalue weighted by Crippen LogP contribution is 2.19. The number of rotatable bonds is 8. The molecule has 0 aliphatic heterocycles. The number of nitrogens with two attached hydrogens (primary N) is 1. The quantitative estimate of drug-likeness (QED) is 0.568. The van der Waals surface area contributed by atoms with Crippen LogP contribution in [0.3, 0.4) is 0 Å². The molecule has 1 amide bonds. The van der Waals surface area contributed by atoms with Gasteiger partial charge in [0.05, 0.1) is 24.4 Å². The lowest BCUT2D eigenvalue weighted by Gasteiger charge is -2.11. The highest BCUT2D eigenvalue weighted by Gasteiger charge is 2.07. The van der Waals surface area contributed by atoms with Crippen LogP contribution in [0.5, 0.6) is 0 Å². The maximum atomic E-state index is 12.9. The van der Waals surface area contributed by atoms with Crippen molar-refractivity contribution in [3.63, 3.8) is 0 Å². The van der Waals surface area contributed by atoms with Gasteiger partial charge in [0, 0.05) is 6.61 Å². The molecular formula is C15H23FN2O2. The molecule has 0 aliphatic carbocycles. The van der Waals surface area contributed by atoms with Crippen LogP contribution in [0.4, 0.5) is 15.8 Å². The third-order valence-corrected chi connectivity index (χ3v) is 2.95. The number of hydrogen-bond donors (Lipinski definition) is 2. The van der Waals surface area contributed by atoms with Crippen LogP contribution in [-0.4, -0.2) is 19.1 Å². The number of halogens is 1. The van der Waals surface area contributed by atoms with Crippen molar-refractivity contribution in [1.82, 2.24) is 0 Å². The molecule has 1 atom stereocenters. The molecule has 0 saturated carbocycles. The number of ether oxygens (including phenoxy) is 1. The second-order valence-electron chi connectivity index (χ2n) is 5.00. The van der Waals surface area contributed by atoms with Crippen LogP contribution in [0.15, 0.2) is 18.2 Å². The predicted molar refractivity (Wildman–Crippen MR) is 79.0 cm³/mol. The smallest absolute Gasteiger partial charge is 0.226 e. The molecule has 4 nitrogen and oxygen atoms in total. The van der Waals surface area contributed by atoms with Gasteiger partial charge in [-0.3, -0.25) is 4.79 Å². The number of carbonyl (C=O) groups excluding carboxylic acids is 1. The number of hydrogen-bond acceptors (Lipinski definition) is 3. The Morgan fingerprint density at radius 1 is 1.50 bits per heavy atom. The Labute approximate surface area is 119 Å². The fourth-order valence-corrected chi connectivity index (χ4v) is 1.89. The van der Waals surface area contributed by atoms with Crippen molar-refractivity contribution in [3.8, 4) is 0 Å². The topological polar surface area (TPSA) is 64.3 Å². The first-order chi connectivity index (χ1) is 9.52. The predicted octanol–water partition coefficient (Wildman–Crippen LogP) is 3.19. The Morgan fingerprint density at radius 2 is 2.25 bits per heavy atom. The molecule has 112 valence electrons. The number of benzene rings is 1. The van der Waals surface area contributed by atoms with Crippen LogP contribution in [0, 0.1) is 11.7 Å². The molecule has 0 bridgehead atoms. The lowest BCUT2D eigenvalue weighted by atomic mass is 10.1. The second-order valence-corrected chi connectivity index (χ2v) is 5.00. The summed E-state index contributed by atoms with van der Waals surface area (Å²) in [7, 11) is 0. The lowest BCUT2D eigenvalue weighted by Crippen LogP contribution is -2.16. The van der Waals surface area contributed by atoms with Crippen LogP contribution >= 0.6 is 0 Å². The van der Waals surface area contributed by atoms with E-state index >= 15 is 0 Å². The summed E-state index contributed by atoms with van der Waals surface area (Å²) >= 11 is 0. The summed E-state index contributed by atoms with van der Waals surface area (Å²) in [5, 5.41) is 2.64. The van der Waals surface area contributed by atoms with Gasteiger partial charge < -0.3 is 15.8 Å². The Balaban J connectivity index is 2.26. The summed E-state index contributed by atoms with van der Waals surface area (Å²) < 4.78 is 18.3. The molecule has 1 rings (SSSR count). The van der Waals surface area contributed by atoms with E-state index in [1.807, 2.05) is 0 Å². The third kappa shape index (κ3) is 6.02. The van der Waals surface area contributed by atoms with E-state index in [2.05, 4.69) is 19.2 Å². The van der Waals surface area contributed by atoms with Crippen molar-refractivity contribution >= 4 is 17.3 Å². The van der Waals surface area contributed by atoms with Gasteiger partial charge >= 0.3 is 0 Å². The first kappa shape index (κ1) is 16.4. The van der Waals surface area contributed by atoms with Gasteiger partial charge in [0.25, 0.3) is 0 Å². The highest BCUT2D eigenvalue weighted by molar-refractivity contribution is 5.93. The first-order valence-electron chi connectivity index (χ1n) is 6.95. The standard InChI is InChI=1S/C15H23FN2O2/c1-3-4-11(2)10-20-8-7-15(19)18-14-6-5-12(16)9-13(14)17/h5-6,9,11H,3-4,7-8,10,17H2,1-2H3,(H,18,19). The molecule has 0 radical (unpaired) electrons. The van der Waals surface area contributed by atoms with Gasteiger partial charge in [-0.25, -0.2) is 4.39 Å². The van der Waals surface area contributed by atoms with Gasteiger partial charge in [0.1, 0.15) is 5.82 Å². The number of amides is 1. The molecule has 1 aromatic rings. The molecule has 20 heavy (non-hydrogen) atoms. The van der Waals surface area contributed by atoms with Gasteiger partial charge in [-0.1, -0.05) is 20.3 Å². The Hall–Kier alpha value is -1.62. The molecule has 0 fully saturated rings. The van der Waals surface area contributed by atoms with Crippen LogP contribution in [0.25, 0.3) is 0 Å². The van der Waals surface area contributed by atoms with Gasteiger partial charge in [-0.15, -0.1) is 0 Å². The summed E-state index contributed by atoms with van der Waals surface area (Å²) in [5.41, 5.74) is 6.26. The third-order valence-electron chi connectivity index (χ3n) is 2.95. The fraction of sp³-hybridized carbons (Fsp3) is 0.533. The van der Waals surface area contributed by atoms with E-state index in [9.17, 15) is 9.18 Å². The van der Waals surface area contributed by atoms with E-state index in [-0.39, 0.29) is 18.0 Å². The largest absolute Gasteiger partial charge is 0.397 e. The van der Waals surface area contributed by atoms with E-state index in [4.69, 9.17) is 10.5 Å². The molecule has 0 spiro atoms. The van der Waals surface area contributed by atoms with Crippen molar-refractivity contribution in [2.45, 2.75) is 33.1 Å². The molecule has 0 heterocycles. The molecule has 0 aliphatic rings. The lowest BCUT2D eigenvalue weighted by molar-refractivity contribution is -0.117. The van der Waals surface area contributed by atoms with Crippen LogP contribution < -0.4 is 11.1 Å². The summed E-state index contributed by atoms with van der Waals surface area (Å²) in [6.45, 7) is 5.31. The van der Waals surface area contributed by atoms with Crippen molar-refractivity contribution in [2.24, 2.45) is 5.92 Å². The Morgan fingerprint density at radius 3 is 2.90 bits per heavy atom. The zero-order valence-electron chi connectivity index (χ0n) is 12.1. The van der Waals surface area contributed by atoms with E-state index in [1.54, 1.807) is 0 Å². The Bertz CT molecular complexity index is 438. The molecule has 1 unspecified atom stereocenters. The van der Waals surface area contributed by atoms with Crippen molar-refractivity contribution in [2.75, 3.05) is 24.3 Å². The minimum atomic E-state index is -0.422. The monoisotopic (exact) mass is 282 g/mol. The number of nitrogens with one attached hydrogen (secondary N) is 1. The molecule has 5 heteroatoms. The molecule has 0 aromatic heterocycles. The SMILES string of the molecule is CCCC(C)COCCC(=O)Nc1ccc(F)cc1N. The van der Waals surface area contributed by atoms with Crippen molar-refractivity contribution in [1.29, 1.82) is 0 Å². The second kappa shape index (κ2) is 8.53. The zero-order valence-corrected chi connectivity index (χ0v) is 12.1. The summed E-state index contributed by atoms with van der Waals surface area (Å²) in [4.78, 5) is 11.7. The van der Waals surface area contributed by atoms with Crippen LogP contribution in [0.1, 0.15) is 33.1 Å². The number of carbonyl (C=O) groups is 1. The molecule has 3 N–H and O–H groups in total. The van der Waals surface area contributed by atoms with Gasteiger partial charge in [-0.05, 0) is 30.5 Å². The van der Waals surface area contributed by atoms with Gasteiger partial charge in [0.15, 0.2) is 0 Å². The van der Waals surface area contributed by atoms with E-state index in [0.717, 1.165) is 12.8 Å². The zero-order chi connectivity index (χ0) is 15.0. The first-order valence-corrected chi connectivity index (χ1v) is 6.95. The van der Waals surface area contributed by atoms with Crippen LogP contribution in [0.2, 0.25) is 0 Å². The summed E-state index contributed by atoms with van der Waals surface area (Å²) in [6.07, 6.45) is 2.52. The van der Waals surface area contributed by atoms with Gasteiger partial charge in [-0.2, -0.15) is 0 Å². The van der Waals surface area contributed by atoms with Crippen molar-refractivity contribution < 1.29 is 13.9 Å². The maximum Gasteiger partial charge on any atom is 0.226 e. The Kier molecular flexibility index (Phi) is 7.01. The normalized spacial score (nSPS) is 12.2. The molecular weight excluding hydrogens is 259 g/mol. The average molecular weight is 282 g/mol. The highest BCUT2D eigenvalue weighted by atomic mass is 19.1. The number of anilines is 2. The average Bonchev–Trinajstić information content (AvgIpc) is 2.38. The van der Waals surface area contributed by atoms with E-state index < -0.39 is 5.82 Å².